The van der Waals surface area contributed by atoms with Crippen molar-refractivity contribution < 1.29 is 36.2 Å². The van der Waals surface area contributed by atoms with Gasteiger partial charge in [-0.3, -0.25) is 9.69 Å². The molecule has 3 aliphatic rings. The first-order chi connectivity index (χ1) is 17.9. The molecular weight excluding hydrogens is 543 g/mol. The van der Waals surface area contributed by atoms with Crippen molar-refractivity contribution in [3.63, 3.8) is 0 Å². The lowest BCUT2D eigenvalue weighted by Crippen LogP contribution is -2.64. The minimum absolute atomic E-state index is 0.0922. The predicted octanol–water partition coefficient (Wildman–Crippen LogP) is 2.83. The Morgan fingerprint density at radius 3 is 2.32 bits per heavy atom. The quantitative estimate of drug-likeness (QED) is 0.569. The highest BCUT2D eigenvalue weighted by Gasteiger charge is 2.51. The summed E-state index contributed by atoms with van der Waals surface area (Å²) in [6, 6.07) is 8.36. The molecule has 208 valence electrons. The Hall–Kier alpha value is -2.03. The lowest BCUT2D eigenvalue weighted by atomic mass is 9.92. The molecule has 0 amide bonds. The van der Waals surface area contributed by atoms with E-state index in [0.29, 0.717) is 44.8 Å². The van der Waals surface area contributed by atoms with E-state index >= 15 is 0 Å². The summed E-state index contributed by atoms with van der Waals surface area (Å²) in [5.74, 6) is 0.189. The minimum Gasteiger partial charge on any atom is -0.378 e. The molecule has 1 N–H and O–H groups in total. The number of piperidine rings is 1. The largest absolute Gasteiger partial charge is 0.421 e. The molecule has 5 rings (SSSR count). The highest BCUT2D eigenvalue weighted by atomic mass is 32.2. The summed E-state index contributed by atoms with van der Waals surface area (Å²) in [4.78, 5) is 16.5. The van der Waals surface area contributed by atoms with Crippen LogP contribution in [0.25, 0.3) is 0 Å². The molecule has 3 fully saturated rings. The number of nitrogens with zero attached hydrogens (tertiary/aromatic N) is 3. The van der Waals surface area contributed by atoms with Gasteiger partial charge in [0.05, 0.1) is 19.3 Å². The zero-order valence-electron chi connectivity index (χ0n) is 20.8. The average Bonchev–Trinajstić information content (AvgIpc) is 3.40. The number of halogens is 3. The van der Waals surface area contributed by atoms with Gasteiger partial charge in [0.1, 0.15) is 9.99 Å². The molecule has 13 heteroatoms. The van der Waals surface area contributed by atoms with E-state index in [-0.39, 0.29) is 46.8 Å². The van der Waals surface area contributed by atoms with Gasteiger partial charge in [-0.05, 0) is 36.1 Å². The Labute approximate surface area is 223 Å². The first-order valence-electron chi connectivity index (χ1n) is 12.4. The number of anilines is 1. The van der Waals surface area contributed by atoms with Gasteiger partial charge >= 0.3 is 6.18 Å². The SMILES string of the molecule is C[C@@](O)(c1ccc(N2CCN(S(=O)(=O)c3cccs3)C[C@@H]2CN2C3COCC2CC(=O)C3)cc1)C(F)(F)F. The summed E-state index contributed by atoms with van der Waals surface area (Å²) in [6.07, 6.45) is -4.08. The standard InChI is InChI=1S/C25H30F3N3O5S2/c1-24(33,25(26,27)28)17-4-6-18(7-5-17)30-9-8-29(38(34,35)23-3-2-10-37-23)13-21(30)14-31-19-11-22(32)12-20(31)16-36-15-19/h2-7,10,19-21,33H,8-9,11-16H2,1H3/t19?,20?,21-,24-/m1/s1. The predicted molar refractivity (Wildman–Crippen MR) is 136 cm³/mol. The van der Waals surface area contributed by atoms with Crippen LogP contribution in [0.2, 0.25) is 0 Å². The van der Waals surface area contributed by atoms with Gasteiger partial charge in [0.2, 0.25) is 0 Å². The van der Waals surface area contributed by atoms with E-state index in [9.17, 15) is 31.5 Å². The third-order valence-electron chi connectivity index (χ3n) is 7.75. The van der Waals surface area contributed by atoms with Crippen molar-refractivity contribution in [3.8, 4) is 0 Å². The normalized spacial score (nSPS) is 27.3. The van der Waals surface area contributed by atoms with Crippen LogP contribution in [0.5, 0.6) is 0 Å². The first-order valence-corrected chi connectivity index (χ1v) is 14.7. The van der Waals surface area contributed by atoms with Crippen LogP contribution in [-0.2, 0) is 25.2 Å². The Balaban J connectivity index is 1.43. The van der Waals surface area contributed by atoms with Crippen molar-refractivity contribution in [3.05, 3.63) is 47.3 Å². The number of rotatable bonds is 6. The van der Waals surface area contributed by atoms with Crippen molar-refractivity contribution in [2.75, 3.05) is 44.3 Å². The minimum atomic E-state index is -4.83. The third kappa shape index (κ3) is 5.11. The maximum Gasteiger partial charge on any atom is 0.421 e. The van der Waals surface area contributed by atoms with E-state index in [1.54, 1.807) is 17.5 Å². The number of ketones is 1. The summed E-state index contributed by atoms with van der Waals surface area (Å²) < 4.78 is 74.1. The van der Waals surface area contributed by atoms with E-state index in [1.165, 1.54) is 28.6 Å². The number of alkyl halides is 3. The summed E-state index contributed by atoms with van der Waals surface area (Å²) in [7, 11) is -3.70. The van der Waals surface area contributed by atoms with Crippen molar-refractivity contribution >= 4 is 32.8 Å². The van der Waals surface area contributed by atoms with Gasteiger partial charge in [-0.25, -0.2) is 8.42 Å². The van der Waals surface area contributed by atoms with Gasteiger partial charge in [-0.1, -0.05) is 18.2 Å². The monoisotopic (exact) mass is 573 g/mol. The van der Waals surface area contributed by atoms with Crippen LogP contribution < -0.4 is 4.90 Å². The molecule has 1 aromatic carbocycles. The number of Topliss-reactive ketones (excluding diaryl/α,β-unsaturated/α-hetero) is 1. The molecule has 38 heavy (non-hydrogen) atoms. The number of carbonyl (C=O) groups excluding carboxylic acids is 1. The number of piperazine rings is 1. The van der Waals surface area contributed by atoms with Gasteiger partial charge in [-0.15, -0.1) is 11.3 Å². The first kappa shape index (κ1) is 27.5. The van der Waals surface area contributed by atoms with E-state index in [1.807, 2.05) is 4.90 Å². The molecule has 0 saturated carbocycles. The number of morpholine rings is 1. The number of thiophene rings is 1. The third-order valence-corrected chi connectivity index (χ3v) is 11.0. The topological polar surface area (TPSA) is 90.4 Å². The molecule has 2 bridgehead atoms. The van der Waals surface area contributed by atoms with Gasteiger partial charge in [-0.2, -0.15) is 17.5 Å². The Morgan fingerprint density at radius 1 is 1.08 bits per heavy atom. The second-order valence-electron chi connectivity index (χ2n) is 10.2. The van der Waals surface area contributed by atoms with Gasteiger partial charge in [0, 0.05) is 56.8 Å². The van der Waals surface area contributed by atoms with Crippen LogP contribution in [0, 0.1) is 0 Å². The summed E-state index contributed by atoms with van der Waals surface area (Å²) in [6.45, 7) is 2.78. The van der Waals surface area contributed by atoms with E-state index in [4.69, 9.17) is 4.74 Å². The van der Waals surface area contributed by atoms with Crippen molar-refractivity contribution in [2.24, 2.45) is 0 Å². The van der Waals surface area contributed by atoms with Crippen LogP contribution in [0.4, 0.5) is 18.9 Å². The maximum absolute atomic E-state index is 13.3. The fourth-order valence-electron chi connectivity index (χ4n) is 5.55. The summed E-state index contributed by atoms with van der Waals surface area (Å²) in [5, 5.41) is 11.8. The summed E-state index contributed by atoms with van der Waals surface area (Å²) in [5.41, 5.74) is -2.62. The van der Waals surface area contributed by atoms with Crippen molar-refractivity contribution in [2.45, 2.75) is 53.9 Å². The smallest absolute Gasteiger partial charge is 0.378 e. The van der Waals surface area contributed by atoms with E-state index < -0.39 is 21.8 Å². The lowest BCUT2D eigenvalue weighted by molar-refractivity contribution is -0.258. The molecular formula is C25H30F3N3O5S2. The molecule has 8 nitrogen and oxygen atoms in total. The molecule has 4 heterocycles. The number of fused-ring (bicyclic) bond motifs is 2. The number of hydrogen-bond donors (Lipinski definition) is 1. The molecule has 0 spiro atoms. The van der Waals surface area contributed by atoms with Crippen molar-refractivity contribution in [1.29, 1.82) is 0 Å². The van der Waals surface area contributed by atoms with Crippen LogP contribution in [-0.4, -0.2) is 92.2 Å². The second-order valence-corrected chi connectivity index (χ2v) is 13.4. The highest BCUT2D eigenvalue weighted by Crippen LogP contribution is 2.39. The fraction of sp³-hybridized carbons (Fsp3) is 0.560. The number of aliphatic hydroxyl groups is 1. The maximum atomic E-state index is 13.3. The van der Waals surface area contributed by atoms with Crippen molar-refractivity contribution in [1.82, 2.24) is 9.21 Å². The zero-order valence-corrected chi connectivity index (χ0v) is 22.4. The number of ether oxygens (including phenoxy) is 1. The van der Waals surface area contributed by atoms with Gasteiger partial charge in [0.25, 0.3) is 10.0 Å². The Kier molecular flexibility index (Phi) is 7.37. The molecule has 0 aliphatic carbocycles. The number of benzene rings is 1. The van der Waals surface area contributed by atoms with E-state index in [2.05, 4.69) is 4.90 Å². The fourth-order valence-corrected chi connectivity index (χ4v) is 8.17. The molecule has 3 aliphatic heterocycles. The number of sulfonamides is 1. The Morgan fingerprint density at radius 2 is 1.74 bits per heavy atom. The Bertz CT molecular complexity index is 1240. The summed E-state index contributed by atoms with van der Waals surface area (Å²) >= 11 is 1.15. The van der Waals surface area contributed by atoms with Crippen LogP contribution in [0.1, 0.15) is 25.3 Å². The van der Waals surface area contributed by atoms with Crippen LogP contribution in [0.3, 0.4) is 0 Å². The molecule has 3 saturated heterocycles. The molecule has 4 atom stereocenters. The van der Waals surface area contributed by atoms with Crippen LogP contribution in [0.15, 0.2) is 46.0 Å². The molecule has 2 unspecified atom stereocenters. The number of carbonyl (C=O) groups is 1. The zero-order chi connectivity index (χ0) is 27.3. The molecule has 0 radical (unpaired) electrons. The lowest BCUT2D eigenvalue weighted by Gasteiger charge is -2.50. The average molecular weight is 574 g/mol. The van der Waals surface area contributed by atoms with E-state index in [0.717, 1.165) is 18.3 Å². The van der Waals surface area contributed by atoms with Gasteiger partial charge in [0.15, 0.2) is 5.60 Å². The molecule has 1 aromatic heterocycles. The highest BCUT2D eigenvalue weighted by molar-refractivity contribution is 7.91. The molecule has 2 aromatic rings. The number of hydrogen-bond acceptors (Lipinski definition) is 8. The van der Waals surface area contributed by atoms with Crippen LogP contribution >= 0.6 is 11.3 Å². The second kappa shape index (κ2) is 10.2. The van der Waals surface area contributed by atoms with Gasteiger partial charge < -0.3 is 14.7 Å².